The number of ether oxygens (including phenoxy) is 1. The van der Waals surface area contributed by atoms with E-state index in [4.69, 9.17) is 17.0 Å². The smallest absolute Gasteiger partial charge is 0.256 e. The zero-order chi connectivity index (χ0) is 15.8. The quantitative estimate of drug-likeness (QED) is 0.808. The molecule has 1 amide bonds. The molecule has 2 aromatic carbocycles. The van der Waals surface area contributed by atoms with Crippen molar-refractivity contribution in [3.63, 3.8) is 0 Å². The predicted molar refractivity (Wildman–Crippen MR) is 92.8 cm³/mol. The highest BCUT2D eigenvalue weighted by atomic mass is 32.1. The van der Waals surface area contributed by atoms with Crippen molar-refractivity contribution < 1.29 is 9.53 Å². The molecule has 0 spiro atoms. The summed E-state index contributed by atoms with van der Waals surface area (Å²) in [6, 6.07) is 17.0. The number of carbonyl (C=O) groups excluding carboxylic acids is 1. The number of carbonyl (C=O) groups is 1. The number of hydrogen-bond donors (Lipinski definition) is 0. The first kappa shape index (κ1) is 14.2. The molecule has 0 aliphatic carbocycles. The molecule has 4 rings (SSSR count). The van der Waals surface area contributed by atoms with E-state index in [1.54, 1.807) is 4.90 Å². The van der Waals surface area contributed by atoms with Gasteiger partial charge in [0.25, 0.3) is 5.91 Å². The van der Waals surface area contributed by atoms with Crippen LogP contribution in [0.15, 0.2) is 54.6 Å². The van der Waals surface area contributed by atoms with E-state index in [0.29, 0.717) is 5.11 Å². The number of fused-ring (bicyclic) bond motifs is 1. The molecule has 2 aliphatic rings. The van der Waals surface area contributed by atoms with Gasteiger partial charge in [-0.05, 0) is 61.5 Å². The van der Waals surface area contributed by atoms with Gasteiger partial charge < -0.3 is 9.64 Å². The number of hydrogen-bond acceptors (Lipinski definition) is 3. The van der Waals surface area contributed by atoms with Gasteiger partial charge in [-0.15, -0.1) is 0 Å². The van der Waals surface area contributed by atoms with E-state index < -0.39 is 0 Å². The van der Waals surface area contributed by atoms with Gasteiger partial charge in [0.05, 0.1) is 5.69 Å². The minimum atomic E-state index is -0.0669. The van der Waals surface area contributed by atoms with Crippen LogP contribution in [0.5, 0.6) is 11.5 Å². The van der Waals surface area contributed by atoms with Crippen molar-refractivity contribution >= 4 is 28.9 Å². The number of thiocarbonyl (C=S) groups is 1. The zero-order valence-corrected chi connectivity index (χ0v) is 13.3. The lowest BCUT2D eigenvalue weighted by molar-refractivity contribution is -0.119. The SMILES string of the molecule is O=C1C2CCCN2C(=S)N1c1ccc(Oc2ccccc2)cc1. The molecule has 116 valence electrons. The predicted octanol–water partition coefficient (Wildman–Crippen LogP) is 3.57. The second-order valence-electron chi connectivity index (χ2n) is 5.72. The molecular formula is C18H16N2O2S. The molecule has 1 unspecified atom stereocenters. The first-order chi connectivity index (χ1) is 11.2. The first-order valence-corrected chi connectivity index (χ1v) is 8.12. The van der Waals surface area contributed by atoms with Crippen LogP contribution in [0.25, 0.3) is 0 Å². The van der Waals surface area contributed by atoms with Crippen LogP contribution in [0.3, 0.4) is 0 Å². The molecular weight excluding hydrogens is 308 g/mol. The van der Waals surface area contributed by atoms with Gasteiger partial charge in [0.15, 0.2) is 5.11 Å². The number of rotatable bonds is 3. The van der Waals surface area contributed by atoms with Crippen LogP contribution >= 0.6 is 12.2 Å². The maximum absolute atomic E-state index is 12.5. The first-order valence-electron chi connectivity index (χ1n) is 7.71. The van der Waals surface area contributed by atoms with Crippen molar-refractivity contribution in [3.8, 4) is 11.5 Å². The lowest BCUT2D eigenvalue weighted by Crippen LogP contribution is -2.32. The molecule has 0 N–H and O–H groups in total. The molecule has 0 bridgehead atoms. The molecule has 1 atom stereocenters. The molecule has 2 saturated heterocycles. The van der Waals surface area contributed by atoms with Gasteiger partial charge in [-0.3, -0.25) is 9.69 Å². The average molecular weight is 324 g/mol. The van der Waals surface area contributed by atoms with Gasteiger partial charge in [0.1, 0.15) is 17.5 Å². The minimum absolute atomic E-state index is 0.0669. The molecule has 5 heteroatoms. The molecule has 2 aliphatic heterocycles. The summed E-state index contributed by atoms with van der Waals surface area (Å²) in [6.07, 6.45) is 1.93. The number of amides is 1. The third kappa shape index (κ3) is 2.47. The maximum atomic E-state index is 12.5. The Bertz CT molecular complexity index is 723. The van der Waals surface area contributed by atoms with Gasteiger partial charge in [0.2, 0.25) is 0 Å². The Morgan fingerprint density at radius 2 is 1.70 bits per heavy atom. The summed E-state index contributed by atoms with van der Waals surface area (Å²) in [7, 11) is 0. The van der Waals surface area contributed by atoms with Crippen LogP contribution in [-0.2, 0) is 4.79 Å². The van der Waals surface area contributed by atoms with Gasteiger partial charge >= 0.3 is 0 Å². The molecule has 2 fully saturated rings. The standard InChI is InChI=1S/C18H16N2O2S/c21-17-16-7-4-12-19(16)18(23)20(17)13-8-10-15(11-9-13)22-14-5-2-1-3-6-14/h1-3,5-6,8-11,16H,4,7,12H2. The van der Waals surface area contributed by atoms with Crippen LogP contribution in [0, 0.1) is 0 Å². The molecule has 23 heavy (non-hydrogen) atoms. The maximum Gasteiger partial charge on any atom is 0.256 e. The summed E-state index contributed by atoms with van der Waals surface area (Å²) in [4.78, 5) is 16.2. The fraction of sp³-hybridized carbons (Fsp3) is 0.222. The van der Waals surface area contributed by atoms with Gasteiger partial charge in [0, 0.05) is 6.54 Å². The van der Waals surface area contributed by atoms with Crippen LogP contribution < -0.4 is 9.64 Å². The number of anilines is 1. The lowest BCUT2D eigenvalue weighted by Gasteiger charge is -2.19. The Morgan fingerprint density at radius 1 is 1.00 bits per heavy atom. The fourth-order valence-corrected chi connectivity index (χ4v) is 3.56. The minimum Gasteiger partial charge on any atom is -0.457 e. The number of para-hydroxylation sites is 1. The zero-order valence-electron chi connectivity index (χ0n) is 12.5. The third-order valence-electron chi connectivity index (χ3n) is 4.27. The summed E-state index contributed by atoms with van der Waals surface area (Å²) in [6.45, 7) is 0.876. The van der Waals surface area contributed by atoms with E-state index in [1.807, 2.05) is 59.5 Å². The van der Waals surface area contributed by atoms with E-state index in [0.717, 1.165) is 36.6 Å². The van der Waals surface area contributed by atoms with E-state index in [1.165, 1.54) is 0 Å². The summed E-state index contributed by atoms with van der Waals surface area (Å²) in [5, 5.41) is 0.620. The normalized spacial score (nSPS) is 20.1. The highest BCUT2D eigenvalue weighted by Crippen LogP contribution is 2.32. The van der Waals surface area contributed by atoms with Crippen molar-refractivity contribution in [1.82, 2.24) is 4.90 Å². The van der Waals surface area contributed by atoms with Crippen molar-refractivity contribution in [1.29, 1.82) is 0 Å². The Balaban J connectivity index is 1.54. The molecule has 4 nitrogen and oxygen atoms in total. The fourth-order valence-electron chi connectivity index (χ4n) is 3.15. The Kier molecular flexibility index (Phi) is 3.50. The largest absolute Gasteiger partial charge is 0.457 e. The second-order valence-corrected chi connectivity index (χ2v) is 6.08. The molecule has 0 aromatic heterocycles. The van der Waals surface area contributed by atoms with Crippen LogP contribution in [0.2, 0.25) is 0 Å². The highest BCUT2D eigenvalue weighted by Gasteiger charge is 2.45. The second kappa shape index (κ2) is 5.66. The number of nitrogens with zero attached hydrogens (tertiary/aromatic N) is 2. The Hall–Kier alpha value is -2.40. The average Bonchev–Trinajstić information content (AvgIpc) is 3.14. The van der Waals surface area contributed by atoms with Crippen molar-refractivity contribution in [2.45, 2.75) is 18.9 Å². The van der Waals surface area contributed by atoms with Gasteiger partial charge in [-0.2, -0.15) is 0 Å². The molecule has 2 aromatic rings. The summed E-state index contributed by atoms with van der Waals surface area (Å²) < 4.78 is 5.78. The third-order valence-corrected chi connectivity index (χ3v) is 4.69. The molecule has 0 saturated carbocycles. The van der Waals surface area contributed by atoms with E-state index in [9.17, 15) is 4.79 Å². The Labute approximate surface area is 140 Å². The molecule has 2 heterocycles. The monoisotopic (exact) mass is 324 g/mol. The number of benzene rings is 2. The van der Waals surface area contributed by atoms with Gasteiger partial charge in [-0.1, -0.05) is 18.2 Å². The van der Waals surface area contributed by atoms with E-state index in [2.05, 4.69) is 0 Å². The highest BCUT2D eigenvalue weighted by molar-refractivity contribution is 7.80. The summed E-state index contributed by atoms with van der Waals surface area (Å²) >= 11 is 5.47. The Morgan fingerprint density at radius 3 is 2.39 bits per heavy atom. The van der Waals surface area contributed by atoms with E-state index >= 15 is 0 Å². The lowest BCUT2D eigenvalue weighted by atomic mass is 10.2. The van der Waals surface area contributed by atoms with Crippen molar-refractivity contribution in [2.75, 3.05) is 11.4 Å². The van der Waals surface area contributed by atoms with Crippen molar-refractivity contribution in [2.24, 2.45) is 0 Å². The summed E-state index contributed by atoms with van der Waals surface area (Å²) in [5.41, 5.74) is 0.801. The van der Waals surface area contributed by atoms with Crippen molar-refractivity contribution in [3.05, 3.63) is 54.6 Å². The van der Waals surface area contributed by atoms with Crippen LogP contribution in [-0.4, -0.2) is 28.5 Å². The topological polar surface area (TPSA) is 32.8 Å². The van der Waals surface area contributed by atoms with E-state index in [-0.39, 0.29) is 11.9 Å². The van der Waals surface area contributed by atoms with Crippen LogP contribution in [0.1, 0.15) is 12.8 Å². The summed E-state index contributed by atoms with van der Waals surface area (Å²) in [5.74, 6) is 1.61. The van der Waals surface area contributed by atoms with Gasteiger partial charge in [-0.25, -0.2) is 0 Å². The van der Waals surface area contributed by atoms with Crippen LogP contribution in [0.4, 0.5) is 5.69 Å². The molecule has 0 radical (unpaired) electrons.